The first-order chi connectivity index (χ1) is 9.22. The highest BCUT2D eigenvalue weighted by molar-refractivity contribution is 5.42. The Balaban J connectivity index is 1.92. The van der Waals surface area contributed by atoms with Crippen LogP contribution in [0.4, 0.5) is 0 Å². The van der Waals surface area contributed by atoms with Crippen molar-refractivity contribution in [3.8, 4) is 11.5 Å². The van der Waals surface area contributed by atoms with Crippen LogP contribution >= 0.6 is 0 Å². The lowest BCUT2D eigenvalue weighted by molar-refractivity contribution is 0.354. The van der Waals surface area contributed by atoms with Crippen molar-refractivity contribution in [1.29, 1.82) is 0 Å². The molecule has 1 heterocycles. The number of methoxy groups -OCH3 is 2. The Morgan fingerprint density at radius 2 is 1.89 bits per heavy atom. The van der Waals surface area contributed by atoms with Gasteiger partial charge < -0.3 is 14.8 Å². The van der Waals surface area contributed by atoms with Gasteiger partial charge in [-0.25, -0.2) is 0 Å². The second-order valence-electron chi connectivity index (χ2n) is 4.27. The summed E-state index contributed by atoms with van der Waals surface area (Å²) in [6.07, 6.45) is 1.94. The zero-order chi connectivity index (χ0) is 13.7. The topological polar surface area (TPSA) is 48.3 Å². The summed E-state index contributed by atoms with van der Waals surface area (Å²) in [4.78, 5) is 0. The minimum Gasteiger partial charge on any atom is -0.493 e. The van der Waals surface area contributed by atoms with E-state index >= 15 is 0 Å². The molecule has 19 heavy (non-hydrogen) atoms. The molecule has 0 fully saturated rings. The van der Waals surface area contributed by atoms with Crippen LogP contribution in [0.5, 0.6) is 11.5 Å². The Bertz CT molecular complexity index is 537. The molecule has 1 aromatic carbocycles. The lowest BCUT2D eigenvalue weighted by Crippen LogP contribution is -2.13. The van der Waals surface area contributed by atoms with Crippen molar-refractivity contribution < 1.29 is 9.47 Å². The van der Waals surface area contributed by atoms with Crippen LogP contribution in [0.3, 0.4) is 0 Å². The van der Waals surface area contributed by atoms with E-state index in [1.807, 2.05) is 37.5 Å². The molecule has 0 amide bonds. The Morgan fingerprint density at radius 3 is 2.53 bits per heavy atom. The Hall–Kier alpha value is -2.01. The maximum Gasteiger partial charge on any atom is 0.161 e. The molecule has 0 bridgehead atoms. The van der Waals surface area contributed by atoms with Gasteiger partial charge in [-0.1, -0.05) is 6.07 Å². The maximum absolute atomic E-state index is 5.28. The molecular formula is C14H19N3O2. The lowest BCUT2D eigenvalue weighted by Gasteiger charge is -2.09. The van der Waals surface area contributed by atoms with Gasteiger partial charge in [0.05, 0.1) is 19.9 Å². The van der Waals surface area contributed by atoms with E-state index in [0.29, 0.717) is 0 Å². The van der Waals surface area contributed by atoms with Gasteiger partial charge in [0, 0.05) is 26.3 Å². The summed E-state index contributed by atoms with van der Waals surface area (Å²) in [5.41, 5.74) is 2.18. The smallest absolute Gasteiger partial charge is 0.161 e. The Labute approximate surface area is 113 Å². The molecule has 2 rings (SSSR count). The van der Waals surface area contributed by atoms with E-state index in [2.05, 4.69) is 10.4 Å². The van der Waals surface area contributed by atoms with Crippen LogP contribution in [-0.2, 0) is 20.1 Å². The minimum absolute atomic E-state index is 0.745. The third kappa shape index (κ3) is 3.48. The fourth-order valence-electron chi connectivity index (χ4n) is 1.88. The van der Waals surface area contributed by atoms with Gasteiger partial charge in [0.1, 0.15) is 0 Å². The monoisotopic (exact) mass is 261 g/mol. The number of nitrogens with zero attached hydrogens (tertiary/aromatic N) is 2. The van der Waals surface area contributed by atoms with Gasteiger partial charge in [-0.2, -0.15) is 5.10 Å². The van der Waals surface area contributed by atoms with Gasteiger partial charge in [-0.3, -0.25) is 4.68 Å². The second kappa shape index (κ2) is 6.24. The van der Waals surface area contributed by atoms with E-state index in [-0.39, 0.29) is 0 Å². The van der Waals surface area contributed by atoms with Gasteiger partial charge >= 0.3 is 0 Å². The first-order valence-corrected chi connectivity index (χ1v) is 6.13. The van der Waals surface area contributed by atoms with Crippen molar-refractivity contribution in [3.05, 3.63) is 41.7 Å². The third-order valence-corrected chi connectivity index (χ3v) is 2.85. The molecule has 1 N–H and O–H groups in total. The molecule has 102 valence electrons. The summed E-state index contributed by atoms with van der Waals surface area (Å²) in [6, 6.07) is 7.91. The molecule has 1 aromatic heterocycles. The van der Waals surface area contributed by atoms with Crippen LogP contribution in [0.15, 0.2) is 30.5 Å². The molecule has 0 aliphatic heterocycles. The highest BCUT2D eigenvalue weighted by atomic mass is 16.5. The summed E-state index contributed by atoms with van der Waals surface area (Å²) >= 11 is 0. The maximum atomic E-state index is 5.28. The average Bonchev–Trinajstić information content (AvgIpc) is 2.84. The zero-order valence-electron chi connectivity index (χ0n) is 11.5. The van der Waals surface area contributed by atoms with Crippen molar-refractivity contribution in [2.45, 2.75) is 13.1 Å². The number of nitrogens with one attached hydrogen (secondary N) is 1. The molecule has 0 unspecified atom stereocenters. The fourth-order valence-corrected chi connectivity index (χ4v) is 1.88. The van der Waals surface area contributed by atoms with E-state index in [1.54, 1.807) is 18.9 Å². The number of aromatic nitrogens is 2. The summed E-state index contributed by atoms with van der Waals surface area (Å²) < 4.78 is 12.3. The SMILES string of the molecule is COc1ccc(CNCc2ccn(C)n2)cc1OC. The standard InChI is InChI=1S/C14H19N3O2/c1-17-7-6-12(16-17)10-15-9-11-4-5-13(18-2)14(8-11)19-3/h4-8,15H,9-10H2,1-3H3. The Morgan fingerprint density at radius 1 is 1.11 bits per heavy atom. The summed E-state index contributed by atoms with van der Waals surface area (Å²) in [5.74, 6) is 1.50. The van der Waals surface area contributed by atoms with E-state index in [4.69, 9.17) is 9.47 Å². The molecule has 0 aliphatic carbocycles. The van der Waals surface area contributed by atoms with Crippen molar-refractivity contribution in [2.75, 3.05) is 14.2 Å². The van der Waals surface area contributed by atoms with Gasteiger partial charge in [-0.05, 0) is 23.8 Å². The van der Waals surface area contributed by atoms with Crippen LogP contribution in [0, 0.1) is 0 Å². The largest absolute Gasteiger partial charge is 0.493 e. The summed E-state index contributed by atoms with van der Waals surface area (Å²) in [6.45, 7) is 1.51. The molecule has 0 saturated heterocycles. The van der Waals surface area contributed by atoms with E-state index in [9.17, 15) is 0 Å². The average molecular weight is 261 g/mol. The van der Waals surface area contributed by atoms with E-state index < -0.39 is 0 Å². The molecule has 0 atom stereocenters. The number of benzene rings is 1. The third-order valence-electron chi connectivity index (χ3n) is 2.85. The van der Waals surface area contributed by atoms with Crippen molar-refractivity contribution in [1.82, 2.24) is 15.1 Å². The highest BCUT2D eigenvalue weighted by Gasteiger charge is 2.04. The molecule has 5 heteroatoms. The van der Waals surface area contributed by atoms with Crippen LogP contribution in [-0.4, -0.2) is 24.0 Å². The second-order valence-corrected chi connectivity index (χ2v) is 4.27. The number of ether oxygens (including phenoxy) is 2. The van der Waals surface area contributed by atoms with Gasteiger partial charge in [0.25, 0.3) is 0 Å². The number of hydrogen-bond donors (Lipinski definition) is 1. The van der Waals surface area contributed by atoms with E-state index in [1.165, 1.54) is 0 Å². The van der Waals surface area contributed by atoms with E-state index in [0.717, 1.165) is 35.8 Å². The van der Waals surface area contributed by atoms with Gasteiger partial charge in [0.2, 0.25) is 0 Å². The first-order valence-electron chi connectivity index (χ1n) is 6.13. The van der Waals surface area contributed by atoms with Crippen molar-refractivity contribution in [3.63, 3.8) is 0 Å². The predicted octanol–water partition coefficient (Wildman–Crippen LogP) is 1.73. The molecule has 5 nitrogen and oxygen atoms in total. The first kappa shape index (κ1) is 13.4. The quantitative estimate of drug-likeness (QED) is 0.860. The van der Waals surface area contributed by atoms with Crippen LogP contribution in [0.1, 0.15) is 11.3 Å². The molecule has 0 spiro atoms. The van der Waals surface area contributed by atoms with Crippen LogP contribution in [0.2, 0.25) is 0 Å². The number of aryl methyl sites for hydroxylation is 1. The summed E-state index contributed by atoms with van der Waals surface area (Å²) in [7, 11) is 5.19. The fraction of sp³-hybridized carbons (Fsp3) is 0.357. The van der Waals surface area contributed by atoms with Crippen LogP contribution in [0.25, 0.3) is 0 Å². The van der Waals surface area contributed by atoms with Gasteiger partial charge in [0.15, 0.2) is 11.5 Å². The number of hydrogen-bond acceptors (Lipinski definition) is 4. The Kier molecular flexibility index (Phi) is 4.41. The summed E-state index contributed by atoms with van der Waals surface area (Å²) in [5, 5.41) is 7.66. The molecule has 0 aliphatic rings. The lowest BCUT2D eigenvalue weighted by atomic mass is 10.2. The predicted molar refractivity (Wildman–Crippen MR) is 73.3 cm³/mol. The highest BCUT2D eigenvalue weighted by Crippen LogP contribution is 2.27. The van der Waals surface area contributed by atoms with Gasteiger partial charge in [-0.15, -0.1) is 0 Å². The molecule has 0 saturated carbocycles. The molecular weight excluding hydrogens is 242 g/mol. The van der Waals surface area contributed by atoms with Crippen molar-refractivity contribution in [2.24, 2.45) is 7.05 Å². The zero-order valence-corrected chi connectivity index (χ0v) is 11.5. The normalized spacial score (nSPS) is 10.5. The van der Waals surface area contributed by atoms with Crippen molar-refractivity contribution >= 4 is 0 Å². The number of rotatable bonds is 6. The molecule has 0 radical (unpaired) electrons. The minimum atomic E-state index is 0.745. The molecule has 2 aromatic rings. The van der Waals surface area contributed by atoms with Crippen LogP contribution < -0.4 is 14.8 Å².